The van der Waals surface area contributed by atoms with Crippen molar-refractivity contribution in [3.05, 3.63) is 35.6 Å². The van der Waals surface area contributed by atoms with E-state index in [2.05, 4.69) is 6.58 Å². The van der Waals surface area contributed by atoms with Gasteiger partial charge < -0.3 is 14.4 Å². The highest BCUT2D eigenvalue weighted by Crippen LogP contribution is 2.29. The summed E-state index contributed by atoms with van der Waals surface area (Å²) in [4.78, 5) is 27.4. The Balaban J connectivity index is 2.10. The lowest BCUT2D eigenvalue weighted by Gasteiger charge is -2.36. The first-order chi connectivity index (χ1) is 9.99. The number of fused-ring (bicyclic) bond motifs is 1. The molecule has 21 heavy (non-hydrogen) atoms. The molecule has 1 aliphatic rings. The first-order valence-electron chi connectivity index (χ1n) is 7.05. The number of rotatable bonds is 4. The summed E-state index contributed by atoms with van der Waals surface area (Å²) in [5.74, 6) is -0.273. The molecule has 0 aromatic carbocycles. The standard InChI is InChI=1S/C15H20ClN3O2/c1-4-14(20)17(5-2)10-15(21)18-8-9-19-12(11(18)3)6-7-13(19)16/h4,6-7,11H,1,5,8-10H2,2-3H3. The zero-order chi connectivity index (χ0) is 15.6. The van der Waals surface area contributed by atoms with E-state index in [0.29, 0.717) is 24.8 Å². The van der Waals surface area contributed by atoms with E-state index in [1.54, 1.807) is 4.90 Å². The van der Waals surface area contributed by atoms with Crippen molar-refractivity contribution in [1.29, 1.82) is 0 Å². The summed E-state index contributed by atoms with van der Waals surface area (Å²) in [6.07, 6.45) is 1.24. The maximum absolute atomic E-state index is 12.5. The molecule has 1 unspecified atom stereocenters. The lowest BCUT2D eigenvalue weighted by atomic mass is 10.1. The molecule has 2 heterocycles. The summed E-state index contributed by atoms with van der Waals surface area (Å²) in [6.45, 7) is 9.13. The smallest absolute Gasteiger partial charge is 0.246 e. The van der Waals surface area contributed by atoms with Crippen LogP contribution in [0.5, 0.6) is 0 Å². The number of halogens is 1. The molecule has 0 spiro atoms. The summed E-state index contributed by atoms with van der Waals surface area (Å²) in [5.41, 5.74) is 1.03. The Morgan fingerprint density at radius 2 is 2.19 bits per heavy atom. The van der Waals surface area contributed by atoms with Crippen LogP contribution >= 0.6 is 11.6 Å². The quantitative estimate of drug-likeness (QED) is 0.799. The van der Waals surface area contributed by atoms with Crippen LogP contribution in [0, 0.1) is 0 Å². The summed E-state index contributed by atoms with van der Waals surface area (Å²) >= 11 is 6.11. The Labute approximate surface area is 129 Å². The second-order valence-electron chi connectivity index (χ2n) is 5.05. The van der Waals surface area contributed by atoms with Gasteiger partial charge in [-0.2, -0.15) is 0 Å². The predicted molar refractivity (Wildman–Crippen MR) is 82.0 cm³/mol. The van der Waals surface area contributed by atoms with Crippen LogP contribution in [0.15, 0.2) is 24.8 Å². The van der Waals surface area contributed by atoms with E-state index < -0.39 is 0 Å². The number of carbonyl (C=O) groups excluding carboxylic acids is 2. The van der Waals surface area contributed by atoms with Crippen molar-refractivity contribution in [2.45, 2.75) is 26.4 Å². The van der Waals surface area contributed by atoms with E-state index in [0.717, 1.165) is 5.69 Å². The van der Waals surface area contributed by atoms with E-state index in [1.165, 1.54) is 11.0 Å². The van der Waals surface area contributed by atoms with Gasteiger partial charge in [0.2, 0.25) is 11.8 Å². The van der Waals surface area contributed by atoms with E-state index in [1.807, 2.05) is 30.5 Å². The van der Waals surface area contributed by atoms with Gasteiger partial charge in [0.25, 0.3) is 0 Å². The van der Waals surface area contributed by atoms with Gasteiger partial charge in [-0.05, 0) is 32.1 Å². The first kappa shape index (κ1) is 15.6. The Kier molecular flexibility index (Phi) is 4.73. The molecule has 0 saturated heterocycles. The van der Waals surface area contributed by atoms with Crippen LogP contribution in [-0.2, 0) is 16.1 Å². The molecule has 5 nitrogen and oxygen atoms in total. The number of hydrogen-bond acceptors (Lipinski definition) is 2. The molecule has 114 valence electrons. The van der Waals surface area contributed by atoms with Crippen LogP contribution in [-0.4, -0.2) is 45.8 Å². The van der Waals surface area contributed by atoms with Crippen molar-refractivity contribution in [3.63, 3.8) is 0 Å². The van der Waals surface area contributed by atoms with Crippen LogP contribution in [0.4, 0.5) is 0 Å². The third-order valence-corrected chi connectivity index (χ3v) is 4.27. The molecule has 0 radical (unpaired) electrons. The number of amides is 2. The molecule has 2 amide bonds. The molecule has 0 fully saturated rings. The molecule has 1 aromatic heterocycles. The number of likely N-dealkylation sites (N-methyl/N-ethyl adjacent to an activating group) is 1. The van der Waals surface area contributed by atoms with Gasteiger partial charge in [-0.3, -0.25) is 9.59 Å². The fourth-order valence-corrected chi connectivity index (χ4v) is 2.93. The fourth-order valence-electron chi connectivity index (χ4n) is 2.69. The second-order valence-corrected chi connectivity index (χ2v) is 5.44. The molecule has 2 rings (SSSR count). The zero-order valence-corrected chi connectivity index (χ0v) is 13.1. The third kappa shape index (κ3) is 2.97. The Bertz CT molecular complexity index is 567. The minimum absolute atomic E-state index is 0.0451. The average Bonchev–Trinajstić information content (AvgIpc) is 2.86. The molecule has 0 bridgehead atoms. The highest BCUT2D eigenvalue weighted by Gasteiger charge is 2.29. The van der Waals surface area contributed by atoms with E-state index in [4.69, 9.17) is 11.6 Å². The highest BCUT2D eigenvalue weighted by atomic mass is 35.5. The van der Waals surface area contributed by atoms with Crippen LogP contribution in [0.25, 0.3) is 0 Å². The minimum atomic E-state index is -0.220. The Morgan fingerprint density at radius 3 is 2.81 bits per heavy atom. The molecular weight excluding hydrogens is 290 g/mol. The predicted octanol–water partition coefficient (Wildman–Crippen LogP) is 2.08. The van der Waals surface area contributed by atoms with Gasteiger partial charge in [-0.25, -0.2) is 0 Å². The van der Waals surface area contributed by atoms with Crippen molar-refractivity contribution < 1.29 is 9.59 Å². The van der Waals surface area contributed by atoms with Gasteiger partial charge in [0.15, 0.2) is 0 Å². The van der Waals surface area contributed by atoms with Crippen molar-refractivity contribution in [3.8, 4) is 0 Å². The molecule has 1 atom stereocenters. The molecule has 1 aromatic rings. The fraction of sp³-hybridized carbons (Fsp3) is 0.467. The summed E-state index contributed by atoms with van der Waals surface area (Å²) in [6, 6.07) is 3.75. The zero-order valence-electron chi connectivity index (χ0n) is 12.4. The maximum Gasteiger partial charge on any atom is 0.246 e. The molecule has 1 aliphatic heterocycles. The largest absolute Gasteiger partial charge is 0.332 e. The second kappa shape index (κ2) is 6.35. The van der Waals surface area contributed by atoms with Gasteiger partial charge >= 0.3 is 0 Å². The van der Waals surface area contributed by atoms with Crippen molar-refractivity contribution in [2.75, 3.05) is 19.6 Å². The van der Waals surface area contributed by atoms with E-state index in [-0.39, 0.29) is 24.4 Å². The summed E-state index contributed by atoms with van der Waals surface area (Å²) in [7, 11) is 0. The normalized spacial score (nSPS) is 17.3. The van der Waals surface area contributed by atoms with Crippen molar-refractivity contribution >= 4 is 23.4 Å². The number of aromatic nitrogens is 1. The topological polar surface area (TPSA) is 45.6 Å². The maximum atomic E-state index is 12.5. The molecule has 0 aliphatic carbocycles. The van der Waals surface area contributed by atoms with Crippen LogP contribution in [0.1, 0.15) is 25.6 Å². The van der Waals surface area contributed by atoms with Gasteiger partial charge in [0, 0.05) is 25.3 Å². The highest BCUT2D eigenvalue weighted by molar-refractivity contribution is 6.29. The number of carbonyl (C=O) groups is 2. The van der Waals surface area contributed by atoms with Crippen molar-refractivity contribution in [1.82, 2.24) is 14.4 Å². The lowest BCUT2D eigenvalue weighted by Crippen LogP contribution is -2.46. The Morgan fingerprint density at radius 1 is 1.48 bits per heavy atom. The monoisotopic (exact) mass is 309 g/mol. The van der Waals surface area contributed by atoms with Gasteiger partial charge in [-0.15, -0.1) is 0 Å². The number of nitrogens with zero attached hydrogens (tertiary/aromatic N) is 3. The van der Waals surface area contributed by atoms with Gasteiger partial charge in [0.05, 0.1) is 6.04 Å². The van der Waals surface area contributed by atoms with Crippen LogP contribution < -0.4 is 0 Å². The molecule has 6 heteroatoms. The van der Waals surface area contributed by atoms with E-state index in [9.17, 15) is 9.59 Å². The van der Waals surface area contributed by atoms with Gasteiger partial charge in [-0.1, -0.05) is 18.2 Å². The summed E-state index contributed by atoms with van der Waals surface area (Å²) in [5, 5.41) is 0.695. The summed E-state index contributed by atoms with van der Waals surface area (Å²) < 4.78 is 2.02. The average molecular weight is 310 g/mol. The Hall–Kier alpha value is -1.75. The van der Waals surface area contributed by atoms with E-state index >= 15 is 0 Å². The van der Waals surface area contributed by atoms with Crippen molar-refractivity contribution in [2.24, 2.45) is 0 Å². The van der Waals surface area contributed by atoms with Crippen LogP contribution in [0.2, 0.25) is 5.15 Å². The van der Waals surface area contributed by atoms with Gasteiger partial charge in [0.1, 0.15) is 11.7 Å². The molecular formula is C15H20ClN3O2. The molecule has 0 N–H and O–H groups in total. The minimum Gasteiger partial charge on any atom is -0.332 e. The first-order valence-corrected chi connectivity index (χ1v) is 7.43. The molecule has 0 saturated carbocycles. The lowest BCUT2D eigenvalue weighted by molar-refractivity contribution is -0.140. The number of hydrogen-bond donors (Lipinski definition) is 0. The third-order valence-electron chi connectivity index (χ3n) is 3.94. The van der Waals surface area contributed by atoms with Crippen LogP contribution in [0.3, 0.4) is 0 Å². The SMILES string of the molecule is C=CC(=O)N(CC)CC(=O)N1CCn2c(Cl)ccc2C1C.